The van der Waals surface area contributed by atoms with Crippen molar-refractivity contribution in [3.8, 4) is 0 Å². The van der Waals surface area contributed by atoms with E-state index in [-0.39, 0.29) is 0 Å². The van der Waals surface area contributed by atoms with Crippen LogP contribution < -0.4 is 5.32 Å². The molecule has 2 aromatic rings. The van der Waals surface area contributed by atoms with Gasteiger partial charge in [-0.25, -0.2) is 9.97 Å². The average molecular weight is 292 g/mol. The van der Waals surface area contributed by atoms with Crippen LogP contribution in [0, 0.1) is 0 Å². The van der Waals surface area contributed by atoms with Crippen molar-refractivity contribution < 1.29 is 4.74 Å². The number of aryl methyl sites for hydroxylation is 1. The van der Waals surface area contributed by atoms with Crippen LogP contribution in [0.4, 0.5) is 0 Å². The van der Waals surface area contributed by atoms with Gasteiger partial charge in [-0.15, -0.1) is 11.3 Å². The SMILES string of the molecule is COCc1nc(CNCC2CCCn3ccnc32)cs1. The van der Waals surface area contributed by atoms with E-state index in [0.29, 0.717) is 12.5 Å². The molecule has 2 aromatic heterocycles. The van der Waals surface area contributed by atoms with Gasteiger partial charge in [0.05, 0.1) is 12.3 Å². The molecule has 0 fully saturated rings. The Kier molecular flexibility index (Phi) is 4.44. The smallest absolute Gasteiger partial charge is 0.119 e. The molecule has 3 rings (SSSR count). The number of methoxy groups -OCH3 is 1. The third-order valence-corrected chi connectivity index (χ3v) is 4.50. The monoisotopic (exact) mass is 292 g/mol. The van der Waals surface area contributed by atoms with Crippen LogP contribution >= 0.6 is 11.3 Å². The van der Waals surface area contributed by atoms with Gasteiger partial charge in [-0.3, -0.25) is 0 Å². The van der Waals surface area contributed by atoms with Gasteiger partial charge in [0, 0.05) is 50.4 Å². The lowest BCUT2D eigenvalue weighted by Crippen LogP contribution is -2.26. The lowest BCUT2D eigenvalue weighted by atomic mass is 9.99. The number of rotatable bonds is 6. The second kappa shape index (κ2) is 6.47. The largest absolute Gasteiger partial charge is 0.378 e. The van der Waals surface area contributed by atoms with Crippen LogP contribution in [0.3, 0.4) is 0 Å². The fraction of sp³-hybridized carbons (Fsp3) is 0.571. The van der Waals surface area contributed by atoms with Crippen molar-refractivity contribution in [1.82, 2.24) is 19.9 Å². The summed E-state index contributed by atoms with van der Waals surface area (Å²) in [4.78, 5) is 9.01. The van der Waals surface area contributed by atoms with Crippen molar-refractivity contribution in [2.75, 3.05) is 13.7 Å². The first-order chi connectivity index (χ1) is 9.86. The first kappa shape index (κ1) is 13.7. The summed E-state index contributed by atoms with van der Waals surface area (Å²) in [5, 5.41) is 6.65. The molecule has 0 saturated carbocycles. The standard InChI is InChI=1S/C14H20N4OS/c1-19-9-13-17-12(10-20-13)8-15-7-11-3-2-5-18-6-4-16-14(11)18/h4,6,10-11,15H,2-3,5,7-9H2,1H3. The highest BCUT2D eigenvalue weighted by Crippen LogP contribution is 2.24. The van der Waals surface area contributed by atoms with Gasteiger partial charge in [-0.1, -0.05) is 0 Å². The van der Waals surface area contributed by atoms with E-state index in [1.54, 1.807) is 18.4 Å². The number of hydrogen-bond acceptors (Lipinski definition) is 5. The van der Waals surface area contributed by atoms with Crippen LogP contribution in [0.25, 0.3) is 0 Å². The maximum absolute atomic E-state index is 5.09. The predicted molar refractivity (Wildman–Crippen MR) is 78.7 cm³/mol. The van der Waals surface area contributed by atoms with Gasteiger partial charge in [0.2, 0.25) is 0 Å². The summed E-state index contributed by atoms with van der Waals surface area (Å²) in [5.74, 6) is 1.75. The molecule has 1 unspecified atom stereocenters. The van der Waals surface area contributed by atoms with Crippen LogP contribution in [0.5, 0.6) is 0 Å². The Bertz CT molecular complexity index is 551. The molecule has 1 aliphatic rings. The molecule has 20 heavy (non-hydrogen) atoms. The third-order valence-electron chi connectivity index (χ3n) is 3.63. The van der Waals surface area contributed by atoms with E-state index in [0.717, 1.165) is 30.3 Å². The first-order valence-electron chi connectivity index (χ1n) is 7.01. The lowest BCUT2D eigenvalue weighted by molar-refractivity contribution is 0.184. The minimum atomic E-state index is 0.524. The number of ether oxygens (including phenoxy) is 1. The van der Waals surface area contributed by atoms with Crippen molar-refractivity contribution in [2.24, 2.45) is 0 Å². The van der Waals surface area contributed by atoms with Gasteiger partial charge in [0.1, 0.15) is 10.8 Å². The number of nitrogens with one attached hydrogen (secondary N) is 1. The molecule has 3 heterocycles. The first-order valence-corrected chi connectivity index (χ1v) is 7.88. The molecule has 0 spiro atoms. The van der Waals surface area contributed by atoms with Crippen LogP contribution in [0.15, 0.2) is 17.8 Å². The van der Waals surface area contributed by atoms with Gasteiger partial charge >= 0.3 is 0 Å². The number of hydrogen-bond donors (Lipinski definition) is 1. The van der Waals surface area contributed by atoms with E-state index in [9.17, 15) is 0 Å². The molecular weight excluding hydrogens is 272 g/mol. The fourth-order valence-corrected chi connectivity index (χ4v) is 3.46. The summed E-state index contributed by atoms with van der Waals surface area (Å²) in [7, 11) is 1.70. The van der Waals surface area contributed by atoms with E-state index in [4.69, 9.17) is 4.74 Å². The minimum absolute atomic E-state index is 0.524. The van der Waals surface area contributed by atoms with E-state index < -0.39 is 0 Å². The fourth-order valence-electron chi connectivity index (χ4n) is 2.69. The van der Waals surface area contributed by atoms with Gasteiger partial charge in [-0.2, -0.15) is 0 Å². The maximum Gasteiger partial charge on any atom is 0.119 e. The maximum atomic E-state index is 5.09. The van der Waals surface area contributed by atoms with Crippen molar-refractivity contribution in [1.29, 1.82) is 0 Å². The molecule has 0 bridgehead atoms. The van der Waals surface area contributed by atoms with Crippen molar-refractivity contribution in [3.63, 3.8) is 0 Å². The van der Waals surface area contributed by atoms with Crippen LogP contribution in [0.1, 0.15) is 35.3 Å². The van der Waals surface area contributed by atoms with E-state index >= 15 is 0 Å². The molecule has 0 amide bonds. The second-order valence-electron chi connectivity index (χ2n) is 5.11. The highest BCUT2D eigenvalue weighted by molar-refractivity contribution is 7.09. The van der Waals surface area contributed by atoms with Crippen molar-refractivity contribution in [3.05, 3.63) is 34.3 Å². The lowest BCUT2D eigenvalue weighted by Gasteiger charge is -2.23. The summed E-state index contributed by atoms with van der Waals surface area (Å²) in [6.45, 7) is 3.49. The number of aromatic nitrogens is 3. The zero-order chi connectivity index (χ0) is 13.8. The Morgan fingerprint density at radius 2 is 2.50 bits per heavy atom. The van der Waals surface area contributed by atoms with Crippen molar-refractivity contribution in [2.45, 2.75) is 38.5 Å². The predicted octanol–water partition coefficient (Wildman–Crippen LogP) is 2.15. The second-order valence-corrected chi connectivity index (χ2v) is 6.06. The Morgan fingerprint density at radius 1 is 1.55 bits per heavy atom. The molecule has 1 N–H and O–H groups in total. The molecule has 0 aromatic carbocycles. The molecule has 108 valence electrons. The highest BCUT2D eigenvalue weighted by Gasteiger charge is 2.20. The third kappa shape index (κ3) is 3.08. The molecule has 1 atom stereocenters. The number of imidazole rings is 1. The Labute approximate surface area is 123 Å². The Morgan fingerprint density at radius 3 is 3.40 bits per heavy atom. The molecular formula is C14H20N4OS. The van der Waals surface area contributed by atoms with Gasteiger partial charge in [-0.05, 0) is 12.8 Å². The number of nitrogens with zero attached hydrogens (tertiary/aromatic N) is 3. The van der Waals surface area contributed by atoms with Crippen molar-refractivity contribution >= 4 is 11.3 Å². The summed E-state index contributed by atoms with van der Waals surface area (Å²) in [6.07, 6.45) is 6.45. The summed E-state index contributed by atoms with van der Waals surface area (Å²) in [5.41, 5.74) is 1.10. The molecule has 5 nitrogen and oxygen atoms in total. The number of thiazole rings is 1. The van der Waals surface area contributed by atoms with Crippen LogP contribution in [0.2, 0.25) is 0 Å². The molecule has 0 radical (unpaired) electrons. The van der Waals surface area contributed by atoms with Crippen LogP contribution in [-0.2, 0) is 24.4 Å². The zero-order valence-corrected chi connectivity index (χ0v) is 12.5. The minimum Gasteiger partial charge on any atom is -0.378 e. The Balaban J connectivity index is 1.51. The Hall–Kier alpha value is -1.24. The topological polar surface area (TPSA) is 52.0 Å². The molecule has 0 saturated heterocycles. The van der Waals surface area contributed by atoms with Gasteiger partial charge < -0.3 is 14.6 Å². The number of fused-ring (bicyclic) bond motifs is 1. The van der Waals surface area contributed by atoms with Crippen LogP contribution in [-0.4, -0.2) is 28.2 Å². The molecule has 1 aliphatic heterocycles. The van der Waals surface area contributed by atoms with Gasteiger partial charge in [0.25, 0.3) is 0 Å². The van der Waals surface area contributed by atoms with E-state index in [2.05, 4.69) is 31.4 Å². The quantitative estimate of drug-likeness (QED) is 0.886. The van der Waals surface area contributed by atoms with E-state index in [1.165, 1.54) is 18.7 Å². The van der Waals surface area contributed by atoms with E-state index in [1.807, 2.05) is 6.20 Å². The molecule has 6 heteroatoms. The zero-order valence-electron chi connectivity index (χ0n) is 11.7. The summed E-state index contributed by atoms with van der Waals surface area (Å²) in [6, 6.07) is 0. The van der Waals surface area contributed by atoms with Gasteiger partial charge in [0.15, 0.2) is 0 Å². The normalized spacial score (nSPS) is 18.1. The average Bonchev–Trinajstić information content (AvgIpc) is 3.08. The molecule has 0 aliphatic carbocycles. The summed E-state index contributed by atoms with van der Waals surface area (Å²) < 4.78 is 7.36. The highest BCUT2D eigenvalue weighted by atomic mass is 32.1. The summed E-state index contributed by atoms with van der Waals surface area (Å²) >= 11 is 1.66.